The summed E-state index contributed by atoms with van der Waals surface area (Å²) in [6.45, 7) is 5.39. The number of rotatable bonds is 2. The van der Waals surface area contributed by atoms with Crippen LogP contribution in [-0.4, -0.2) is 33.7 Å². The minimum atomic E-state index is -0.660. The molecule has 0 saturated heterocycles. The number of hydrogen-bond acceptors (Lipinski definition) is 6. The zero-order chi connectivity index (χ0) is 20.8. The molecule has 0 N–H and O–H groups in total. The van der Waals surface area contributed by atoms with E-state index >= 15 is 0 Å². The van der Waals surface area contributed by atoms with Crippen molar-refractivity contribution in [2.75, 3.05) is 13.2 Å². The van der Waals surface area contributed by atoms with E-state index in [1.165, 1.54) is 0 Å². The Morgan fingerprint density at radius 1 is 1.13 bits per heavy atom. The van der Waals surface area contributed by atoms with Gasteiger partial charge in [-0.3, -0.25) is 9.48 Å². The van der Waals surface area contributed by atoms with E-state index in [0.29, 0.717) is 42.5 Å². The van der Waals surface area contributed by atoms with Gasteiger partial charge in [-0.25, -0.2) is 4.79 Å². The highest BCUT2D eigenvalue weighted by Crippen LogP contribution is 2.35. The molecule has 0 bridgehead atoms. The van der Waals surface area contributed by atoms with Crippen molar-refractivity contribution in [3.05, 3.63) is 75.1 Å². The third-order valence-electron chi connectivity index (χ3n) is 5.41. The largest absolute Gasteiger partial charge is 0.485 e. The van der Waals surface area contributed by atoms with Crippen molar-refractivity contribution in [2.24, 2.45) is 0 Å². The number of para-hydroxylation sites is 2. The summed E-state index contributed by atoms with van der Waals surface area (Å²) in [6, 6.07) is 11.0. The number of hydrogen-bond donors (Lipinski definition) is 0. The fraction of sp³-hybridized carbons (Fsp3) is 0.318. The fourth-order valence-corrected chi connectivity index (χ4v) is 3.95. The topological polar surface area (TPSA) is 86.8 Å². The quantitative estimate of drug-likeness (QED) is 0.649. The molecular weight excluding hydrogens is 386 g/mol. The molecular formula is C22H21N3O5. The maximum absolute atomic E-state index is 13.1. The molecule has 0 aliphatic carbocycles. The van der Waals surface area contributed by atoms with E-state index in [2.05, 4.69) is 5.10 Å². The molecule has 0 saturated carbocycles. The second kappa shape index (κ2) is 7.05. The molecule has 5 rings (SSSR count). The standard InChI is InChI=1S/C22H21N3O5/c1-13-9-18(19-12-28-16-5-3-4-6-17(16)29-19)30-22(27)20(13)21(26)24-7-8-25-15(11-24)10-14(2)23-25/h3-6,9-10,19H,7-8,11-12H2,1-2H3. The second-order valence-electron chi connectivity index (χ2n) is 7.59. The first-order valence-corrected chi connectivity index (χ1v) is 9.85. The Bertz CT molecular complexity index is 1200. The molecule has 8 heteroatoms. The van der Waals surface area contributed by atoms with Gasteiger partial charge in [-0.1, -0.05) is 12.1 Å². The van der Waals surface area contributed by atoms with Gasteiger partial charge in [-0.15, -0.1) is 0 Å². The Hall–Kier alpha value is -3.55. The number of carbonyl (C=O) groups is 1. The van der Waals surface area contributed by atoms with E-state index in [0.717, 1.165) is 11.4 Å². The zero-order valence-electron chi connectivity index (χ0n) is 16.8. The van der Waals surface area contributed by atoms with E-state index in [1.54, 1.807) is 24.0 Å². The van der Waals surface area contributed by atoms with Gasteiger partial charge in [-0.2, -0.15) is 5.10 Å². The van der Waals surface area contributed by atoms with Crippen molar-refractivity contribution in [1.82, 2.24) is 14.7 Å². The summed E-state index contributed by atoms with van der Waals surface area (Å²) in [7, 11) is 0. The van der Waals surface area contributed by atoms with Crippen molar-refractivity contribution in [1.29, 1.82) is 0 Å². The predicted octanol–water partition coefficient (Wildman–Crippen LogP) is 2.62. The van der Waals surface area contributed by atoms with Crippen molar-refractivity contribution < 1.29 is 18.7 Å². The van der Waals surface area contributed by atoms with Gasteiger partial charge in [0.25, 0.3) is 5.91 Å². The van der Waals surface area contributed by atoms with Crippen LogP contribution in [-0.2, 0) is 13.1 Å². The third kappa shape index (κ3) is 3.14. The van der Waals surface area contributed by atoms with Crippen LogP contribution in [0.1, 0.15) is 39.2 Å². The summed E-state index contributed by atoms with van der Waals surface area (Å²) in [5, 5.41) is 4.40. The van der Waals surface area contributed by atoms with Crippen LogP contribution >= 0.6 is 0 Å². The molecule has 1 atom stereocenters. The number of fused-ring (bicyclic) bond motifs is 2. The molecule has 1 aromatic carbocycles. The monoisotopic (exact) mass is 407 g/mol. The van der Waals surface area contributed by atoms with Gasteiger partial charge in [0.1, 0.15) is 12.2 Å². The van der Waals surface area contributed by atoms with Crippen molar-refractivity contribution >= 4 is 5.91 Å². The fourth-order valence-electron chi connectivity index (χ4n) is 3.95. The molecule has 0 radical (unpaired) electrons. The molecule has 4 heterocycles. The van der Waals surface area contributed by atoms with Crippen LogP contribution in [0.5, 0.6) is 11.5 Å². The van der Waals surface area contributed by atoms with Crippen molar-refractivity contribution in [2.45, 2.75) is 33.0 Å². The number of carbonyl (C=O) groups excluding carboxylic acids is 1. The lowest BCUT2D eigenvalue weighted by Crippen LogP contribution is -2.40. The van der Waals surface area contributed by atoms with Gasteiger partial charge < -0.3 is 18.8 Å². The Morgan fingerprint density at radius 3 is 2.73 bits per heavy atom. The molecule has 0 spiro atoms. The number of amides is 1. The molecule has 2 aliphatic heterocycles. The molecule has 1 unspecified atom stereocenters. The maximum Gasteiger partial charge on any atom is 0.349 e. The number of benzene rings is 1. The smallest absolute Gasteiger partial charge is 0.349 e. The van der Waals surface area contributed by atoms with Crippen molar-refractivity contribution in [3.8, 4) is 11.5 Å². The van der Waals surface area contributed by atoms with Crippen LogP contribution in [0.4, 0.5) is 0 Å². The average Bonchev–Trinajstić information content (AvgIpc) is 3.12. The number of aromatic nitrogens is 2. The van der Waals surface area contributed by atoms with E-state index in [-0.39, 0.29) is 18.1 Å². The van der Waals surface area contributed by atoms with Gasteiger partial charge in [0, 0.05) is 6.54 Å². The summed E-state index contributed by atoms with van der Waals surface area (Å²) in [6.07, 6.45) is -0.553. The maximum atomic E-state index is 13.1. The van der Waals surface area contributed by atoms with Crippen LogP contribution in [0.2, 0.25) is 0 Å². The lowest BCUT2D eigenvalue weighted by atomic mass is 10.1. The molecule has 154 valence electrons. The summed E-state index contributed by atoms with van der Waals surface area (Å²) in [4.78, 5) is 27.5. The van der Waals surface area contributed by atoms with Crippen molar-refractivity contribution in [3.63, 3.8) is 0 Å². The first-order valence-electron chi connectivity index (χ1n) is 9.85. The number of aryl methyl sites for hydroxylation is 2. The molecule has 30 heavy (non-hydrogen) atoms. The molecule has 2 aromatic heterocycles. The highest BCUT2D eigenvalue weighted by molar-refractivity contribution is 5.95. The van der Waals surface area contributed by atoms with E-state index < -0.39 is 11.7 Å². The Kier molecular flexibility index (Phi) is 4.34. The number of nitrogens with zero attached hydrogens (tertiary/aromatic N) is 3. The summed E-state index contributed by atoms with van der Waals surface area (Å²) in [5.41, 5.74) is 1.82. The van der Waals surface area contributed by atoms with E-state index in [9.17, 15) is 9.59 Å². The Morgan fingerprint density at radius 2 is 1.93 bits per heavy atom. The second-order valence-corrected chi connectivity index (χ2v) is 7.59. The molecule has 2 aliphatic rings. The third-order valence-corrected chi connectivity index (χ3v) is 5.41. The molecule has 0 fully saturated rings. The normalized spacial score (nSPS) is 17.5. The highest BCUT2D eigenvalue weighted by Gasteiger charge is 2.30. The summed E-state index contributed by atoms with van der Waals surface area (Å²) in [5.74, 6) is 1.26. The van der Waals surface area contributed by atoms with Crippen LogP contribution in [0, 0.1) is 13.8 Å². The lowest BCUT2D eigenvalue weighted by molar-refractivity contribution is 0.0674. The Balaban J connectivity index is 1.40. The predicted molar refractivity (Wildman–Crippen MR) is 107 cm³/mol. The minimum Gasteiger partial charge on any atom is -0.485 e. The van der Waals surface area contributed by atoms with Gasteiger partial charge >= 0.3 is 5.63 Å². The van der Waals surface area contributed by atoms with Crippen LogP contribution in [0.25, 0.3) is 0 Å². The average molecular weight is 407 g/mol. The van der Waals surface area contributed by atoms with Crippen LogP contribution < -0.4 is 15.1 Å². The SMILES string of the molecule is Cc1cc2n(n1)CCN(C(=O)c1c(C)cc(C3COc4ccccc4O3)oc1=O)C2. The highest BCUT2D eigenvalue weighted by atomic mass is 16.6. The Labute approximate surface area is 172 Å². The van der Waals surface area contributed by atoms with E-state index in [4.69, 9.17) is 13.9 Å². The minimum absolute atomic E-state index is 0.0561. The summed E-state index contributed by atoms with van der Waals surface area (Å²) < 4.78 is 19.0. The first-order chi connectivity index (χ1) is 14.5. The summed E-state index contributed by atoms with van der Waals surface area (Å²) >= 11 is 0. The lowest BCUT2D eigenvalue weighted by Gasteiger charge is -2.28. The zero-order valence-corrected chi connectivity index (χ0v) is 16.8. The van der Waals surface area contributed by atoms with Gasteiger partial charge in [0.05, 0.1) is 24.5 Å². The number of ether oxygens (including phenoxy) is 2. The first kappa shape index (κ1) is 18.5. The van der Waals surface area contributed by atoms with Crippen LogP contribution in [0.15, 0.2) is 45.6 Å². The van der Waals surface area contributed by atoms with Gasteiger partial charge in [-0.05, 0) is 43.7 Å². The van der Waals surface area contributed by atoms with E-state index in [1.807, 2.05) is 35.9 Å². The molecule has 8 nitrogen and oxygen atoms in total. The molecule has 1 amide bonds. The molecule has 3 aromatic rings. The van der Waals surface area contributed by atoms with Crippen LogP contribution in [0.3, 0.4) is 0 Å². The van der Waals surface area contributed by atoms with Gasteiger partial charge in [0.15, 0.2) is 23.4 Å². The van der Waals surface area contributed by atoms with Gasteiger partial charge in [0.2, 0.25) is 0 Å².